The molecule has 7 atom stereocenters. The van der Waals surface area contributed by atoms with Crippen LogP contribution in [0.4, 0.5) is 0 Å². The van der Waals surface area contributed by atoms with Crippen molar-refractivity contribution < 1.29 is 38.2 Å². The normalized spacial score (nSPS) is 30.4. The van der Waals surface area contributed by atoms with Crippen LogP contribution in [0.2, 0.25) is 0 Å². The van der Waals surface area contributed by atoms with Gasteiger partial charge in [-0.25, -0.2) is 4.79 Å². The largest absolute Gasteiger partial charge is 0.756 e. The number of hydrogen-bond donors (Lipinski definition) is 3. The number of aliphatic hydroxyl groups excluding tert-OH is 2. The van der Waals surface area contributed by atoms with Gasteiger partial charge in [0.1, 0.15) is 18.4 Å². The Morgan fingerprint density at radius 3 is 2.71 bits per heavy atom. The van der Waals surface area contributed by atoms with Gasteiger partial charge in [-0.2, -0.15) is 0 Å². The first-order chi connectivity index (χ1) is 16.6. The van der Waals surface area contributed by atoms with Crippen LogP contribution in [0.5, 0.6) is 0 Å². The molecule has 1 aromatic carbocycles. The fourth-order valence-electron chi connectivity index (χ4n) is 4.27. The van der Waals surface area contributed by atoms with E-state index in [1.54, 1.807) is 0 Å². The Morgan fingerprint density at radius 2 is 2.00 bits per heavy atom. The summed E-state index contributed by atoms with van der Waals surface area (Å²) in [6, 6.07) is 7.62. The third kappa shape index (κ3) is 5.99. The standard InChI is InChI=1S/C22H29N2O10P/c1-12-4-3-5-14(6-12)16-7-15(26)19(32-16)11-31-35(29,30)34-17-8-20(33-18(17)10-25)24-9-13(2)21(27)23-22(24)28/h3-6,9,15-20,25-26H,7-8,10-11H2,1-2H3,(H,29,30)(H,23,27,28)/p-1/t15-,16-,17-,18-,19-,20-/m1/s1. The third-order valence-corrected chi connectivity index (χ3v) is 7.11. The topological polar surface area (TPSA) is 172 Å². The number of H-pyrrole nitrogens is 1. The molecular weight excluding hydrogens is 483 g/mol. The summed E-state index contributed by atoms with van der Waals surface area (Å²) in [5.74, 6) is 0. The maximum atomic E-state index is 12.5. The monoisotopic (exact) mass is 511 g/mol. The summed E-state index contributed by atoms with van der Waals surface area (Å²) in [5.41, 5.74) is 0.887. The number of aryl methyl sites for hydroxylation is 2. The first-order valence-corrected chi connectivity index (χ1v) is 12.6. The Balaban J connectivity index is 1.37. The molecule has 35 heavy (non-hydrogen) atoms. The summed E-state index contributed by atoms with van der Waals surface area (Å²) in [4.78, 5) is 38.4. The van der Waals surface area contributed by atoms with Crippen LogP contribution >= 0.6 is 7.82 Å². The van der Waals surface area contributed by atoms with E-state index >= 15 is 0 Å². The number of benzene rings is 1. The van der Waals surface area contributed by atoms with Crippen molar-refractivity contribution >= 4 is 7.82 Å². The zero-order valence-electron chi connectivity index (χ0n) is 19.2. The van der Waals surface area contributed by atoms with Gasteiger partial charge in [-0.3, -0.25) is 18.9 Å². The SMILES string of the molecule is Cc1cccc([C@H]2C[C@@H](O)[C@@H](COP(=O)([O-])O[C@@H]3C[C@H](n4cc(C)c(=O)[nH]c4=O)O[C@@H]3CO)O2)c1. The van der Waals surface area contributed by atoms with Crippen LogP contribution in [0.25, 0.3) is 0 Å². The van der Waals surface area contributed by atoms with E-state index in [2.05, 4.69) is 4.98 Å². The van der Waals surface area contributed by atoms with E-state index in [1.165, 1.54) is 13.1 Å². The van der Waals surface area contributed by atoms with E-state index < -0.39 is 69.0 Å². The third-order valence-electron chi connectivity index (χ3n) is 6.12. The molecule has 2 aliphatic rings. The molecule has 0 amide bonds. The minimum absolute atomic E-state index is 0.0931. The second-order valence-electron chi connectivity index (χ2n) is 8.79. The highest BCUT2D eigenvalue weighted by molar-refractivity contribution is 7.45. The van der Waals surface area contributed by atoms with Crippen molar-refractivity contribution in [3.05, 3.63) is 68.0 Å². The number of nitrogens with one attached hydrogen (secondary N) is 1. The van der Waals surface area contributed by atoms with E-state index in [-0.39, 0.29) is 12.0 Å². The fourth-order valence-corrected chi connectivity index (χ4v) is 5.21. The van der Waals surface area contributed by atoms with Crippen molar-refractivity contribution in [1.29, 1.82) is 0 Å². The molecule has 2 fully saturated rings. The van der Waals surface area contributed by atoms with Crippen molar-refractivity contribution in [2.45, 2.75) is 63.4 Å². The van der Waals surface area contributed by atoms with Crippen molar-refractivity contribution in [2.75, 3.05) is 13.2 Å². The molecular formula is C22H28N2O10P-. The lowest BCUT2D eigenvalue weighted by atomic mass is 10.0. The van der Waals surface area contributed by atoms with Gasteiger partial charge < -0.3 is 33.6 Å². The second-order valence-corrected chi connectivity index (χ2v) is 10.2. The van der Waals surface area contributed by atoms with E-state index in [1.807, 2.05) is 31.2 Å². The van der Waals surface area contributed by atoms with Crippen molar-refractivity contribution in [3.63, 3.8) is 0 Å². The van der Waals surface area contributed by atoms with Crippen LogP contribution < -0.4 is 16.1 Å². The van der Waals surface area contributed by atoms with Crippen molar-refractivity contribution in [3.8, 4) is 0 Å². The van der Waals surface area contributed by atoms with Gasteiger partial charge in [0.25, 0.3) is 13.4 Å². The molecule has 0 bridgehead atoms. The van der Waals surface area contributed by atoms with Gasteiger partial charge in [0.15, 0.2) is 0 Å². The summed E-state index contributed by atoms with van der Waals surface area (Å²) < 4.78 is 35.1. The first kappa shape index (κ1) is 25.9. The summed E-state index contributed by atoms with van der Waals surface area (Å²) in [6.07, 6.45) is -3.87. The average Bonchev–Trinajstić information content (AvgIpc) is 3.37. The second kappa shape index (κ2) is 10.5. The van der Waals surface area contributed by atoms with Crippen LogP contribution in [0.1, 0.15) is 41.9 Å². The minimum Gasteiger partial charge on any atom is -0.756 e. The van der Waals surface area contributed by atoms with E-state index in [0.29, 0.717) is 6.42 Å². The summed E-state index contributed by atoms with van der Waals surface area (Å²) in [7, 11) is -4.90. The molecule has 192 valence electrons. The van der Waals surface area contributed by atoms with Gasteiger partial charge in [0, 0.05) is 24.6 Å². The molecule has 3 N–H and O–H groups in total. The Hall–Kier alpha value is -2.15. The van der Waals surface area contributed by atoms with Gasteiger partial charge in [-0.15, -0.1) is 0 Å². The van der Waals surface area contributed by atoms with Gasteiger partial charge in [0.05, 0.1) is 31.5 Å². The smallest absolute Gasteiger partial charge is 0.330 e. The molecule has 2 aromatic rings. The Bertz CT molecular complexity index is 1210. The number of aromatic amines is 1. The number of phosphoric ester groups is 1. The molecule has 2 aliphatic heterocycles. The maximum Gasteiger partial charge on any atom is 0.330 e. The van der Waals surface area contributed by atoms with Crippen molar-refractivity contribution in [2.24, 2.45) is 0 Å². The molecule has 3 heterocycles. The lowest BCUT2D eigenvalue weighted by molar-refractivity contribution is -0.234. The maximum absolute atomic E-state index is 12.5. The Labute approximate surface area is 200 Å². The molecule has 12 nitrogen and oxygen atoms in total. The number of hydrogen-bond acceptors (Lipinski definition) is 10. The van der Waals surface area contributed by atoms with E-state index in [9.17, 15) is 29.3 Å². The van der Waals surface area contributed by atoms with Gasteiger partial charge in [0.2, 0.25) is 0 Å². The summed E-state index contributed by atoms with van der Waals surface area (Å²) >= 11 is 0. The van der Waals surface area contributed by atoms with Crippen LogP contribution in [-0.2, 0) is 23.1 Å². The summed E-state index contributed by atoms with van der Waals surface area (Å²) in [6.45, 7) is 2.42. The molecule has 0 spiro atoms. The quantitative estimate of drug-likeness (QED) is 0.416. The molecule has 1 unspecified atom stereocenters. The number of aromatic nitrogens is 2. The predicted octanol–water partition coefficient (Wildman–Crippen LogP) is 0.195. The Morgan fingerprint density at radius 1 is 1.23 bits per heavy atom. The van der Waals surface area contributed by atoms with Crippen molar-refractivity contribution in [1.82, 2.24) is 9.55 Å². The zero-order chi connectivity index (χ0) is 25.3. The van der Waals surface area contributed by atoms with Crippen LogP contribution in [-0.4, -0.2) is 57.4 Å². The number of phosphoric acid groups is 1. The molecule has 0 aliphatic carbocycles. The predicted molar refractivity (Wildman–Crippen MR) is 120 cm³/mol. The fraction of sp³-hybridized carbons (Fsp3) is 0.545. The first-order valence-electron chi connectivity index (χ1n) is 11.2. The van der Waals surface area contributed by atoms with E-state index in [0.717, 1.165) is 15.7 Å². The lowest BCUT2D eigenvalue weighted by Crippen LogP contribution is -2.33. The molecule has 0 saturated carbocycles. The highest BCUT2D eigenvalue weighted by Crippen LogP contribution is 2.45. The summed E-state index contributed by atoms with van der Waals surface area (Å²) in [5, 5.41) is 20.0. The molecule has 0 radical (unpaired) electrons. The Kier molecular flexibility index (Phi) is 7.74. The number of ether oxygens (including phenoxy) is 2. The highest BCUT2D eigenvalue weighted by atomic mass is 31.2. The minimum atomic E-state index is -4.90. The molecule has 2 saturated heterocycles. The van der Waals surface area contributed by atoms with Crippen LogP contribution in [0.15, 0.2) is 40.1 Å². The van der Waals surface area contributed by atoms with Gasteiger partial charge in [-0.05, 0) is 19.4 Å². The number of nitrogens with zero attached hydrogens (tertiary/aromatic N) is 1. The molecule has 4 rings (SSSR count). The number of aliphatic hydroxyl groups is 2. The van der Waals surface area contributed by atoms with Crippen LogP contribution in [0.3, 0.4) is 0 Å². The molecule has 1 aromatic heterocycles. The molecule has 13 heteroatoms. The van der Waals surface area contributed by atoms with Gasteiger partial charge in [-0.1, -0.05) is 29.8 Å². The zero-order valence-corrected chi connectivity index (χ0v) is 20.1. The number of rotatable bonds is 8. The van der Waals surface area contributed by atoms with Crippen LogP contribution in [0, 0.1) is 13.8 Å². The average molecular weight is 511 g/mol. The van der Waals surface area contributed by atoms with Gasteiger partial charge >= 0.3 is 5.69 Å². The lowest BCUT2D eigenvalue weighted by Gasteiger charge is -2.29. The highest BCUT2D eigenvalue weighted by Gasteiger charge is 2.40. The van der Waals surface area contributed by atoms with E-state index in [4.69, 9.17) is 18.5 Å².